The summed E-state index contributed by atoms with van der Waals surface area (Å²) in [5.41, 5.74) is 0.814. The molecule has 1 aromatic heterocycles. The number of thioether (sulfide) groups is 1. The van der Waals surface area contributed by atoms with Crippen molar-refractivity contribution in [3.05, 3.63) is 47.9 Å². The van der Waals surface area contributed by atoms with Crippen LogP contribution in [0, 0.1) is 6.92 Å². The zero-order valence-corrected chi connectivity index (χ0v) is 15.5. The first-order valence-electron chi connectivity index (χ1n) is 8.32. The van der Waals surface area contributed by atoms with Gasteiger partial charge in [0.1, 0.15) is 18.1 Å². The second kappa shape index (κ2) is 7.35. The van der Waals surface area contributed by atoms with Crippen LogP contribution in [0.1, 0.15) is 25.4 Å². The number of aryl methyl sites for hydroxylation is 1. The van der Waals surface area contributed by atoms with Gasteiger partial charge in [0.2, 0.25) is 11.8 Å². The van der Waals surface area contributed by atoms with Crippen LogP contribution in [0.2, 0.25) is 0 Å². The van der Waals surface area contributed by atoms with Crippen molar-refractivity contribution in [3.63, 3.8) is 0 Å². The van der Waals surface area contributed by atoms with Crippen LogP contribution in [0.15, 0.2) is 45.7 Å². The summed E-state index contributed by atoms with van der Waals surface area (Å²) in [5, 5.41) is 0. The van der Waals surface area contributed by atoms with Crippen molar-refractivity contribution < 1.29 is 14.0 Å². The fraction of sp³-hybridized carbons (Fsp3) is 0.368. The van der Waals surface area contributed by atoms with Gasteiger partial charge in [-0.1, -0.05) is 12.1 Å². The minimum atomic E-state index is -0.0842. The summed E-state index contributed by atoms with van der Waals surface area (Å²) >= 11 is 1.52. The Labute approximate surface area is 152 Å². The van der Waals surface area contributed by atoms with Gasteiger partial charge in [-0.3, -0.25) is 9.59 Å². The standard InChI is InChI=1S/C19H22N2O3S/c1-13(2)20(10-15-9-8-14(3)24-15)18(22)11-21-16-6-4-5-7-17(16)25-12-19(21)23/h4-9,13H,10-12H2,1-3H3. The van der Waals surface area contributed by atoms with E-state index in [1.165, 1.54) is 11.8 Å². The number of nitrogens with zero attached hydrogens (tertiary/aromatic N) is 2. The summed E-state index contributed by atoms with van der Waals surface area (Å²) < 4.78 is 5.60. The molecule has 0 aliphatic carbocycles. The summed E-state index contributed by atoms with van der Waals surface area (Å²) in [5.74, 6) is 1.82. The minimum absolute atomic E-state index is 0.0161. The van der Waals surface area contributed by atoms with Crippen LogP contribution in [-0.4, -0.2) is 35.1 Å². The number of anilines is 1. The number of fused-ring (bicyclic) bond motifs is 1. The lowest BCUT2D eigenvalue weighted by Gasteiger charge is -2.32. The topological polar surface area (TPSA) is 53.8 Å². The second-order valence-electron chi connectivity index (χ2n) is 6.36. The molecule has 6 heteroatoms. The van der Waals surface area contributed by atoms with Crippen LogP contribution in [0.4, 0.5) is 5.69 Å². The van der Waals surface area contributed by atoms with E-state index in [2.05, 4.69) is 0 Å². The first kappa shape index (κ1) is 17.6. The summed E-state index contributed by atoms with van der Waals surface area (Å²) in [6.45, 7) is 6.27. The van der Waals surface area contributed by atoms with E-state index in [1.807, 2.05) is 57.2 Å². The third-order valence-corrected chi connectivity index (χ3v) is 5.22. The molecule has 132 valence electrons. The molecule has 2 aromatic rings. The van der Waals surface area contributed by atoms with Crippen molar-refractivity contribution in [2.75, 3.05) is 17.2 Å². The number of amides is 2. The Morgan fingerprint density at radius 2 is 2.04 bits per heavy atom. The Balaban J connectivity index is 1.78. The van der Waals surface area contributed by atoms with E-state index in [9.17, 15) is 9.59 Å². The highest BCUT2D eigenvalue weighted by Gasteiger charge is 2.29. The number of benzene rings is 1. The monoisotopic (exact) mass is 358 g/mol. The van der Waals surface area contributed by atoms with Crippen molar-refractivity contribution in [2.24, 2.45) is 0 Å². The predicted octanol–water partition coefficient (Wildman–Crippen LogP) is 3.46. The fourth-order valence-corrected chi connectivity index (χ4v) is 3.79. The maximum absolute atomic E-state index is 12.9. The lowest BCUT2D eigenvalue weighted by atomic mass is 10.2. The molecule has 0 atom stereocenters. The number of furan rings is 1. The maximum atomic E-state index is 12.9. The molecule has 25 heavy (non-hydrogen) atoms. The molecule has 1 aliphatic heterocycles. The largest absolute Gasteiger partial charge is 0.464 e. The van der Waals surface area contributed by atoms with Gasteiger partial charge in [0, 0.05) is 10.9 Å². The Bertz CT molecular complexity index is 784. The van der Waals surface area contributed by atoms with E-state index in [0.29, 0.717) is 12.3 Å². The van der Waals surface area contributed by atoms with E-state index >= 15 is 0 Å². The van der Waals surface area contributed by atoms with Crippen LogP contribution >= 0.6 is 11.8 Å². The Hall–Kier alpha value is -2.21. The number of rotatable bonds is 5. The van der Waals surface area contributed by atoms with Crippen molar-refractivity contribution in [1.82, 2.24) is 4.90 Å². The third kappa shape index (κ3) is 3.90. The smallest absolute Gasteiger partial charge is 0.243 e. The normalized spacial score (nSPS) is 13.9. The first-order valence-corrected chi connectivity index (χ1v) is 9.31. The highest BCUT2D eigenvalue weighted by Crippen LogP contribution is 2.34. The second-order valence-corrected chi connectivity index (χ2v) is 7.38. The van der Waals surface area contributed by atoms with Crippen molar-refractivity contribution >= 4 is 29.3 Å². The predicted molar refractivity (Wildman–Crippen MR) is 98.7 cm³/mol. The molecule has 0 saturated heterocycles. The number of hydrogen-bond donors (Lipinski definition) is 0. The molecule has 0 radical (unpaired) electrons. The molecule has 2 amide bonds. The molecular weight excluding hydrogens is 336 g/mol. The zero-order valence-electron chi connectivity index (χ0n) is 14.7. The van der Waals surface area contributed by atoms with E-state index in [-0.39, 0.29) is 24.4 Å². The van der Waals surface area contributed by atoms with Crippen molar-refractivity contribution in [3.8, 4) is 0 Å². The molecular formula is C19H22N2O3S. The summed E-state index contributed by atoms with van der Waals surface area (Å²) in [6, 6.07) is 11.5. The van der Waals surface area contributed by atoms with E-state index in [4.69, 9.17) is 4.42 Å². The average molecular weight is 358 g/mol. The molecule has 0 bridgehead atoms. The van der Waals surface area contributed by atoms with Gasteiger partial charge in [-0.15, -0.1) is 11.8 Å². The summed E-state index contributed by atoms with van der Waals surface area (Å²) in [6.07, 6.45) is 0. The van der Waals surface area contributed by atoms with Crippen LogP contribution in [-0.2, 0) is 16.1 Å². The van der Waals surface area contributed by atoms with Crippen LogP contribution in [0.3, 0.4) is 0 Å². The lowest BCUT2D eigenvalue weighted by Crippen LogP contribution is -2.46. The maximum Gasteiger partial charge on any atom is 0.243 e. The van der Waals surface area contributed by atoms with Crippen molar-refractivity contribution in [2.45, 2.75) is 38.3 Å². The Morgan fingerprint density at radius 1 is 1.28 bits per heavy atom. The summed E-state index contributed by atoms with van der Waals surface area (Å²) in [4.78, 5) is 29.6. The SMILES string of the molecule is Cc1ccc(CN(C(=O)CN2C(=O)CSc3ccccc32)C(C)C)o1. The molecule has 0 N–H and O–H groups in total. The van der Waals surface area contributed by atoms with Gasteiger partial charge in [-0.2, -0.15) is 0 Å². The van der Waals surface area contributed by atoms with Gasteiger partial charge >= 0.3 is 0 Å². The molecule has 0 saturated carbocycles. The molecule has 0 unspecified atom stereocenters. The minimum Gasteiger partial charge on any atom is -0.464 e. The van der Waals surface area contributed by atoms with Gasteiger partial charge in [0.15, 0.2) is 0 Å². The van der Waals surface area contributed by atoms with E-state index in [1.54, 1.807) is 9.80 Å². The molecule has 3 rings (SSSR count). The Morgan fingerprint density at radius 3 is 2.72 bits per heavy atom. The molecule has 0 fully saturated rings. The number of hydrogen-bond acceptors (Lipinski definition) is 4. The number of carbonyl (C=O) groups is 2. The van der Waals surface area contributed by atoms with Gasteiger partial charge < -0.3 is 14.2 Å². The van der Waals surface area contributed by atoms with Crippen LogP contribution in [0.25, 0.3) is 0 Å². The first-order chi connectivity index (χ1) is 12.0. The molecule has 2 heterocycles. The van der Waals surface area contributed by atoms with Gasteiger partial charge in [-0.25, -0.2) is 0 Å². The van der Waals surface area contributed by atoms with Gasteiger partial charge in [0.25, 0.3) is 0 Å². The quantitative estimate of drug-likeness (QED) is 0.821. The third-order valence-electron chi connectivity index (χ3n) is 4.17. The highest BCUT2D eigenvalue weighted by molar-refractivity contribution is 8.00. The van der Waals surface area contributed by atoms with Crippen LogP contribution < -0.4 is 4.90 Å². The zero-order chi connectivity index (χ0) is 18.0. The fourth-order valence-electron chi connectivity index (χ4n) is 2.85. The van der Waals surface area contributed by atoms with Gasteiger partial charge in [-0.05, 0) is 45.0 Å². The van der Waals surface area contributed by atoms with E-state index in [0.717, 1.165) is 22.1 Å². The van der Waals surface area contributed by atoms with Crippen LogP contribution in [0.5, 0.6) is 0 Å². The Kier molecular flexibility index (Phi) is 5.18. The lowest BCUT2D eigenvalue weighted by molar-refractivity contribution is -0.133. The van der Waals surface area contributed by atoms with E-state index < -0.39 is 0 Å². The number of para-hydroxylation sites is 1. The molecule has 1 aliphatic rings. The van der Waals surface area contributed by atoms with Crippen molar-refractivity contribution in [1.29, 1.82) is 0 Å². The molecule has 5 nitrogen and oxygen atoms in total. The summed E-state index contributed by atoms with van der Waals surface area (Å²) in [7, 11) is 0. The molecule has 1 aromatic carbocycles. The van der Waals surface area contributed by atoms with Gasteiger partial charge in [0.05, 0.1) is 18.0 Å². The number of carbonyl (C=O) groups excluding carboxylic acids is 2. The molecule has 0 spiro atoms. The average Bonchev–Trinajstić information content (AvgIpc) is 3.00. The highest BCUT2D eigenvalue weighted by atomic mass is 32.2.